The van der Waals surface area contributed by atoms with Gasteiger partial charge in [-0.25, -0.2) is 0 Å². The summed E-state index contributed by atoms with van der Waals surface area (Å²) in [6.07, 6.45) is 2.68. The van der Waals surface area contributed by atoms with Crippen LogP contribution in [0.25, 0.3) is 0 Å². The highest BCUT2D eigenvalue weighted by atomic mass is 16.5. The summed E-state index contributed by atoms with van der Waals surface area (Å²) in [4.78, 5) is 28.4. The van der Waals surface area contributed by atoms with Crippen LogP contribution in [0.2, 0.25) is 0 Å². The molecule has 0 radical (unpaired) electrons. The molecule has 144 valence electrons. The van der Waals surface area contributed by atoms with Crippen molar-refractivity contribution >= 4 is 11.8 Å². The first-order valence-corrected chi connectivity index (χ1v) is 9.31. The van der Waals surface area contributed by atoms with Crippen LogP contribution in [0.15, 0.2) is 30.3 Å². The number of amides is 2. The first kappa shape index (κ1) is 20.2. The predicted molar refractivity (Wildman–Crippen MR) is 100.0 cm³/mol. The molecule has 0 aliphatic carbocycles. The van der Waals surface area contributed by atoms with E-state index in [1.807, 2.05) is 42.3 Å². The standard InChI is InChI=1S/C20H30N2O4/c1-21(12-6-15-25-2)20(24)17-9-13-22(14-10-17)19(23)11-16-26-18-7-4-3-5-8-18/h3-5,7-8,17H,6,9-16H2,1-2H3. The normalized spacial score (nSPS) is 14.9. The lowest BCUT2D eigenvalue weighted by molar-refractivity contribution is -0.140. The number of hydrogen-bond acceptors (Lipinski definition) is 4. The van der Waals surface area contributed by atoms with Gasteiger partial charge in [-0.15, -0.1) is 0 Å². The van der Waals surface area contributed by atoms with E-state index < -0.39 is 0 Å². The SMILES string of the molecule is COCCCN(C)C(=O)C1CCN(C(=O)CCOc2ccccc2)CC1. The van der Waals surface area contributed by atoms with Crippen molar-refractivity contribution in [1.82, 2.24) is 9.80 Å². The van der Waals surface area contributed by atoms with Crippen molar-refractivity contribution in [3.8, 4) is 5.75 Å². The molecule has 6 heteroatoms. The first-order chi connectivity index (χ1) is 12.6. The van der Waals surface area contributed by atoms with Crippen LogP contribution < -0.4 is 4.74 Å². The van der Waals surface area contributed by atoms with Gasteiger partial charge in [0, 0.05) is 46.3 Å². The average molecular weight is 362 g/mol. The lowest BCUT2D eigenvalue weighted by Gasteiger charge is -2.33. The van der Waals surface area contributed by atoms with Crippen LogP contribution in [0.1, 0.15) is 25.7 Å². The molecule has 1 heterocycles. The molecule has 0 atom stereocenters. The van der Waals surface area contributed by atoms with Crippen LogP contribution >= 0.6 is 0 Å². The largest absolute Gasteiger partial charge is 0.493 e. The number of methoxy groups -OCH3 is 1. The van der Waals surface area contributed by atoms with Crippen molar-refractivity contribution in [2.24, 2.45) is 5.92 Å². The summed E-state index contributed by atoms with van der Waals surface area (Å²) >= 11 is 0. The van der Waals surface area contributed by atoms with Crippen molar-refractivity contribution in [2.45, 2.75) is 25.7 Å². The van der Waals surface area contributed by atoms with Gasteiger partial charge in [0.1, 0.15) is 5.75 Å². The Kier molecular flexibility index (Phi) is 8.41. The highest BCUT2D eigenvalue weighted by Gasteiger charge is 2.28. The summed E-state index contributed by atoms with van der Waals surface area (Å²) in [7, 11) is 3.51. The lowest BCUT2D eigenvalue weighted by atomic mass is 9.95. The zero-order valence-electron chi connectivity index (χ0n) is 15.9. The van der Waals surface area contributed by atoms with Crippen LogP contribution in [0.3, 0.4) is 0 Å². The second-order valence-electron chi connectivity index (χ2n) is 6.67. The Labute approximate surface area is 156 Å². The van der Waals surface area contributed by atoms with E-state index in [9.17, 15) is 9.59 Å². The first-order valence-electron chi connectivity index (χ1n) is 9.31. The quantitative estimate of drug-likeness (QED) is 0.632. The lowest BCUT2D eigenvalue weighted by Crippen LogP contribution is -2.44. The molecule has 1 aliphatic heterocycles. The Bertz CT molecular complexity index is 556. The number of hydrogen-bond donors (Lipinski definition) is 0. The van der Waals surface area contributed by atoms with Crippen LogP contribution in [0.4, 0.5) is 0 Å². The van der Waals surface area contributed by atoms with E-state index in [0.29, 0.717) is 39.3 Å². The van der Waals surface area contributed by atoms with Gasteiger partial charge in [0.05, 0.1) is 13.0 Å². The molecule has 1 aromatic rings. The molecule has 26 heavy (non-hydrogen) atoms. The summed E-state index contributed by atoms with van der Waals surface area (Å²) in [5.41, 5.74) is 0. The molecule has 0 saturated carbocycles. The molecule has 0 spiro atoms. The van der Waals surface area contributed by atoms with E-state index in [0.717, 1.165) is 25.0 Å². The van der Waals surface area contributed by atoms with Crippen LogP contribution in [0.5, 0.6) is 5.75 Å². The molecule has 1 aromatic carbocycles. The highest BCUT2D eigenvalue weighted by Crippen LogP contribution is 2.20. The maximum atomic E-state index is 12.5. The minimum atomic E-state index is 0.0205. The molecule has 6 nitrogen and oxygen atoms in total. The number of rotatable bonds is 9. The number of likely N-dealkylation sites (tertiary alicyclic amines) is 1. The van der Waals surface area contributed by atoms with Gasteiger partial charge in [0.15, 0.2) is 0 Å². The van der Waals surface area contributed by atoms with Gasteiger partial charge >= 0.3 is 0 Å². The minimum absolute atomic E-state index is 0.0205. The molecule has 0 unspecified atom stereocenters. The van der Waals surface area contributed by atoms with E-state index in [1.54, 1.807) is 12.0 Å². The Hall–Kier alpha value is -2.08. The second-order valence-corrected chi connectivity index (χ2v) is 6.67. The molecule has 0 aromatic heterocycles. The Morgan fingerprint density at radius 1 is 1.15 bits per heavy atom. The van der Waals surface area contributed by atoms with Crippen molar-refractivity contribution in [1.29, 1.82) is 0 Å². The fourth-order valence-electron chi connectivity index (χ4n) is 3.17. The van der Waals surface area contributed by atoms with E-state index in [2.05, 4.69) is 0 Å². The molecule has 1 fully saturated rings. The molecule has 2 amide bonds. The van der Waals surface area contributed by atoms with Gasteiger partial charge in [0.25, 0.3) is 0 Å². The van der Waals surface area contributed by atoms with Crippen molar-refractivity contribution in [2.75, 3.05) is 47.0 Å². The van der Waals surface area contributed by atoms with Crippen LogP contribution in [-0.2, 0) is 14.3 Å². The predicted octanol–water partition coefficient (Wildman–Crippen LogP) is 2.19. The van der Waals surface area contributed by atoms with E-state index in [1.165, 1.54) is 0 Å². The number of nitrogens with zero attached hydrogens (tertiary/aromatic N) is 2. The van der Waals surface area contributed by atoms with Gasteiger partial charge in [-0.05, 0) is 31.4 Å². The number of piperidine rings is 1. The third-order valence-corrected chi connectivity index (χ3v) is 4.74. The van der Waals surface area contributed by atoms with E-state index in [-0.39, 0.29) is 17.7 Å². The average Bonchev–Trinajstić information content (AvgIpc) is 2.68. The number of para-hydroxylation sites is 1. The fraction of sp³-hybridized carbons (Fsp3) is 0.600. The monoisotopic (exact) mass is 362 g/mol. The maximum absolute atomic E-state index is 12.5. The second kappa shape index (κ2) is 10.8. The molecule has 1 aliphatic rings. The summed E-state index contributed by atoms with van der Waals surface area (Å²) < 4.78 is 10.6. The Balaban J connectivity index is 1.66. The molecule has 2 rings (SSSR count). The summed E-state index contributed by atoms with van der Waals surface area (Å²) in [6.45, 7) is 3.04. The summed E-state index contributed by atoms with van der Waals surface area (Å²) in [6, 6.07) is 9.50. The van der Waals surface area contributed by atoms with E-state index in [4.69, 9.17) is 9.47 Å². The molecular weight excluding hydrogens is 332 g/mol. The molecular formula is C20H30N2O4. The van der Waals surface area contributed by atoms with E-state index >= 15 is 0 Å². The van der Waals surface area contributed by atoms with Gasteiger partial charge < -0.3 is 19.3 Å². The van der Waals surface area contributed by atoms with Crippen molar-refractivity contribution < 1.29 is 19.1 Å². The number of benzene rings is 1. The zero-order valence-corrected chi connectivity index (χ0v) is 15.9. The van der Waals surface area contributed by atoms with Crippen LogP contribution in [0, 0.1) is 5.92 Å². The van der Waals surface area contributed by atoms with Gasteiger partial charge in [-0.3, -0.25) is 9.59 Å². The summed E-state index contributed by atoms with van der Waals surface area (Å²) in [5, 5.41) is 0. The highest BCUT2D eigenvalue weighted by molar-refractivity contribution is 5.80. The number of ether oxygens (including phenoxy) is 2. The van der Waals surface area contributed by atoms with Gasteiger partial charge in [-0.1, -0.05) is 18.2 Å². The topological polar surface area (TPSA) is 59.1 Å². The Morgan fingerprint density at radius 2 is 1.85 bits per heavy atom. The number of carbonyl (C=O) groups excluding carboxylic acids is 2. The van der Waals surface area contributed by atoms with Crippen molar-refractivity contribution in [3.05, 3.63) is 30.3 Å². The third-order valence-electron chi connectivity index (χ3n) is 4.74. The molecule has 0 N–H and O–H groups in total. The Morgan fingerprint density at radius 3 is 2.50 bits per heavy atom. The number of carbonyl (C=O) groups is 2. The van der Waals surface area contributed by atoms with Crippen molar-refractivity contribution in [3.63, 3.8) is 0 Å². The van der Waals surface area contributed by atoms with Crippen LogP contribution in [-0.4, -0.2) is 68.6 Å². The minimum Gasteiger partial charge on any atom is -0.493 e. The van der Waals surface area contributed by atoms with Gasteiger partial charge in [-0.2, -0.15) is 0 Å². The summed E-state index contributed by atoms with van der Waals surface area (Å²) in [5.74, 6) is 1.08. The van der Waals surface area contributed by atoms with Gasteiger partial charge in [0.2, 0.25) is 11.8 Å². The molecule has 1 saturated heterocycles. The fourth-order valence-corrected chi connectivity index (χ4v) is 3.17. The molecule has 0 bridgehead atoms. The maximum Gasteiger partial charge on any atom is 0.225 e. The third kappa shape index (κ3) is 6.33. The zero-order chi connectivity index (χ0) is 18.8. The smallest absolute Gasteiger partial charge is 0.225 e.